The van der Waals surface area contributed by atoms with Crippen LogP contribution in [-0.4, -0.2) is 12.6 Å². The fraction of sp³-hybridized carbons (Fsp3) is 0.188. The topological polar surface area (TPSA) is 35.5 Å². The van der Waals surface area contributed by atoms with E-state index in [1.54, 1.807) is 31.2 Å². The SMILES string of the molecule is CCOC(=O)C(Oc1ccc(F)cc1Cl)c1ccccc1. The van der Waals surface area contributed by atoms with Crippen LogP contribution in [0.3, 0.4) is 0 Å². The zero-order chi connectivity index (χ0) is 15.2. The van der Waals surface area contributed by atoms with Gasteiger partial charge in [-0.25, -0.2) is 9.18 Å². The van der Waals surface area contributed by atoms with Crippen molar-refractivity contribution in [3.05, 3.63) is 64.9 Å². The van der Waals surface area contributed by atoms with Crippen molar-refractivity contribution in [1.82, 2.24) is 0 Å². The molecule has 0 bridgehead atoms. The second-order valence-electron chi connectivity index (χ2n) is 4.24. The molecule has 0 radical (unpaired) electrons. The first-order valence-corrected chi connectivity index (χ1v) is 6.83. The Kier molecular flexibility index (Phi) is 5.17. The zero-order valence-electron chi connectivity index (χ0n) is 11.4. The summed E-state index contributed by atoms with van der Waals surface area (Å²) in [6, 6.07) is 12.6. The second-order valence-corrected chi connectivity index (χ2v) is 4.64. The molecule has 1 atom stereocenters. The molecule has 2 aromatic carbocycles. The largest absolute Gasteiger partial charge is 0.472 e. The van der Waals surface area contributed by atoms with E-state index in [0.717, 1.165) is 6.07 Å². The molecule has 0 saturated heterocycles. The third kappa shape index (κ3) is 3.95. The van der Waals surface area contributed by atoms with Crippen LogP contribution in [0.15, 0.2) is 48.5 Å². The highest BCUT2D eigenvalue weighted by molar-refractivity contribution is 6.32. The van der Waals surface area contributed by atoms with E-state index in [1.165, 1.54) is 12.1 Å². The summed E-state index contributed by atoms with van der Waals surface area (Å²) in [5.74, 6) is -0.774. The van der Waals surface area contributed by atoms with E-state index in [-0.39, 0.29) is 17.4 Å². The highest BCUT2D eigenvalue weighted by atomic mass is 35.5. The smallest absolute Gasteiger partial charge is 0.352 e. The first-order chi connectivity index (χ1) is 10.1. The summed E-state index contributed by atoms with van der Waals surface area (Å²) in [5.41, 5.74) is 0.636. The molecule has 2 aromatic rings. The maximum atomic E-state index is 13.1. The van der Waals surface area contributed by atoms with Gasteiger partial charge in [-0.2, -0.15) is 0 Å². The molecular formula is C16H14ClFO3. The van der Waals surface area contributed by atoms with Crippen molar-refractivity contribution in [3.63, 3.8) is 0 Å². The van der Waals surface area contributed by atoms with Crippen LogP contribution in [0, 0.1) is 5.82 Å². The lowest BCUT2D eigenvalue weighted by Gasteiger charge is -2.18. The minimum absolute atomic E-state index is 0.0974. The molecule has 21 heavy (non-hydrogen) atoms. The highest BCUT2D eigenvalue weighted by Gasteiger charge is 2.24. The van der Waals surface area contributed by atoms with E-state index in [4.69, 9.17) is 21.1 Å². The molecule has 5 heteroatoms. The van der Waals surface area contributed by atoms with Gasteiger partial charge in [-0.15, -0.1) is 0 Å². The normalized spacial score (nSPS) is 11.8. The molecule has 0 aromatic heterocycles. The molecular weight excluding hydrogens is 295 g/mol. The van der Waals surface area contributed by atoms with Gasteiger partial charge in [0, 0.05) is 5.56 Å². The minimum atomic E-state index is -0.950. The number of hydrogen-bond acceptors (Lipinski definition) is 3. The lowest BCUT2D eigenvalue weighted by atomic mass is 10.1. The van der Waals surface area contributed by atoms with Gasteiger partial charge in [0.1, 0.15) is 11.6 Å². The molecule has 2 rings (SSSR count). The maximum absolute atomic E-state index is 13.1. The average molecular weight is 309 g/mol. The van der Waals surface area contributed by atoms with Gasteiger partial charge in [0.15, 0.2) is 0 Å². The lowest BCUT2D eigenvalue weighted by Crippen LogP contribution is -2.21. The first kappa shape index (κ1) is 15.3. The summed E-state index contributed by atoms with van der Waals surface area (Å²) < 4.78 is 23.7. The summed E-state index contributed by atoms with van der Waals surface area (Å²) in [7, 11) is 0. The quantitative estimate of drug-likeness (QED) is 0.778. The summed E-state index contributed by atoms with van der Waals surface area (Å²) in [6.45, 7) is 1.95. The number of carbonyl (C=O) groups excluding carboxylic acids is 1. The molecule has 0 aliphatic rings. The van der Waals surface area contributed by atoms with Crippen LogP contribution < -0.4 is 4.74 Å². The zero-order valence-corrected chi connectivity index (χ0v) is 12.1. The van der Waals surface area contributed by atoms with Crippen molar-refractivity contribution in [2.45, 2.75) is 13.0 Å². The van der Waals surface area contributed by atoms with Crippen molar-refractivity contribution in [3.8, 4) is 5.75 Å². The number of halogens is 2. The van der Waals surface area contributed by atoms with Crippen LogP contribution in [0.5, 0.6) is 5.75 Å². The monoisotopic (exact) mass is 308 g/mol. The van der Waals surface area contributed by atoms with Gasteiger partial charge in [-0.3, -0.25) is 0 Å². The molecule has 0 saturated carbocycles. The average Bonchev–Trinajstić information content (AvgIpc) is 2.47. The van der Waals surface area contributed by atoms with Crippen LogP contribution >= 0.6 is 11.6 Å². The molecule has 0 amide bonds. The Balaban J connectivity index is 2.30. The minimum Gasteiger partial charge on any atom is -0.472 e. The maximum Gasteiger partial charge on any atom is 0.352 e. The van der Waals surface area contributed by atoms with Gasteiger partial charge in [0.05, 0.1) is 11.6 Å². The molecule has 0 aliphatic carbocycles. The number of hydrogen-bond donors (Lipinski definition) is 0. The van der Waals surface area contributed by atoms with Crippen molar-refractivity contribution < 1.29 is 18.7 Å². The van der Waals surface area contributed by atoms with E-state index in [9.17, 15) is 9.18 Å². The Morgan fingerprint density at radius 1 is 1.24 bits per heavy atom. The Bertz CT molecular complexity index is 616. The first-order valence-electron chi connectivity index (χ1n) is 6.45. The van der Waals surface area contributed by atoms with E-state index in [2.05, 4.69) is 0 Å². The van der Waals surface area contributed by atoms with Crippen molar-refractivity contribution in [2.75, 3.05) is 6.61 Å². The number of ether oxygens (including phenoxy) is 2. The molecule has 3 nitrogen and oxygen atoms in total. The van der Waals surface area contributed by atoms with Crippen molar-refractivity contribution >= 4 is 17.6 Å². The fourth-order valence-corrected chi connectivity index (χ4v) is 2.01. The predicted molar refractivity (Wildman–Crippen MR) is 77.9 cm³/mol. The van der Waals surface area contributed by atoms with Gasteiger partial charge in [0.25, 0.3) is 0 Å². The summed E-state index contributed by atoms with van der Waals surface area (Å²) in [4.78, 5) is 12.1. The summed E-state index contributed by atoms with van der Waals surface area (Å²) in [6.07, 6.45) is -0.950. The van der Waals surface area contributed by atoms with Gasteiger partial charge < -0.3 is 9.47 Å². The molecule has 0 heterocycles. The number of benzene rings is 2. The standard InChI is InChI=1S/C16H14ClFO3/c1-2-20-16(19)15(11-6-4-3-5-7-11)21-14-9-8-12(18)10-13(14)17/h3-10,15H,2H2,1H3. The molecule has 1 unspecified atom stereocenters. The Labute approximate surface area is 127 Å². The van der Waals surface area contributed by atoms with Gasteiger partial charge in [-0.05, 0) is 25.1 Å². The van der Waals surface area contributed by atoms with Crippen LogP contribution in [0.4, 0.5) is 4.39 Å². The molecule has 0 spiro atoms. The second kappa shape index (κ2) is 7.09. The van der Waals surface area contributed by atoms with Gasteiger partial charge in [-0.1, -0.05) is 41.9 Å². The third-order valence-corrected chi connectivity index (χ3v) is 3.04. The Morgan fingerprint density at radius 3 is 2.57 bits per heavy atom. The Morgan fingerprint density at radius 2 is 1.95 bits per heavy atom. The molecule has 110 valence electrons. The van der Waals surface area contributed by atoms with Crippen LogP contribution in [0.25, 0.3) is 0 Å². The van der Waals surface area contributed by atoms with Crippen molar-refractivity contribution in [2.24, 2.45) is 0 Å². The van der Waals surface area contributed by atoms with Crippen LogP contribution in [0.1, 0.15) is 18.6 Å². The lowest BCUT2D eigenvalue weighted by molar-refractivity contribution is -0.151. The number of carbonyl (C=O) groups is 1. The molecule has 0 N–H and O–H groups in total. The van der Waals surface area contributed by atoms with Crippen LogP contribution in [0.2, 0.25) is 5.02 Å². The van der Waals surface area contributed by atoms with Crippen molar-refractivity contribution in [1.29, 1.82) is 0 Å². The summed E-state index contributed by atoms with van der Waals surface area (Å²) >= 11 is 5.93. The molecule has 0 fully saturated rings. The predicted octanol–water partition coefficient (Wildman–Crippen LogP) is 4.16. The number of esters is 1. The highest BCUT2D eigenvalue weighted by Crippen LogP contribution is 2.30. The van der Waals surface area contributed by atoms with Gasteiger partial charge in [0.2, 0.25) is 6.10 Å². The van der Waals surface area contributed by atoms with Crippen LogP contribution in [-0.2, 0) is 9.53 Å². The van der Waals surface area contributed by atoms with E-state index in [1.807, 2.05) is 6.07 Å². The van der Waals surface area contributed by atoms with Gasteiger partial charge >= 0.3 is 5.97 Å². The van der Waals surface area contributed by atoms with E-state index in [0.29, 0.717) is 5.56 Å². The van der Waals surface area contributed by atoms with E-state index < -0.39 is 17.9 Å². The summed E-state index contributed by atoms with van der Waals surface area (Å²) in [5, 5.41) is 0.0974. The Hall–Kier alpha value is -2.07. The third-order valence-electron chi connectivity index (χ3n) is 2.74. The number of rotatable bonds is 5. The molecule has 0 aliphatic heterocycles. The fourth-order valence-electron chi connectivity index (χ4n) is 1.80. The van der Waals surface area contributed by atoms with E-state index >= 15 is 0 Å².